The predicted octanol–water partition coefficient (Wildman–Crippen LogP) is 4.71. The molecule has 2 aromatic rings. The number of nitrogens with one attached hydrogen (secondary N) is 1. The number of aryl methyl sites for hydroxylation is 2. The van der Waals surface area contributed by atoms with Gasteiger partial charge in [0.15, 0.2) is 0 Å². The monoisotopic (exact) mass is 541 g/mol. The van der Waals surface area contributed by atoms with Crippen molar-refractivity contribution in [2.75, 3.05) is 17.1 Å². The lowest BCUT2D eigenvalue weighted by molar-refractivity contribution is -0.139. The number of anilines is 1. The summed E-state index contributed by atoms with van der Waals surface area (Å²) in [5.74, 6) is -0.873. The number of hydrogen-bond acceptors (Lipinski definition) is 4. The number of benzene rings is 2. The molecule has 0 unspecified atom stereocenters. The topological polar surface area (TPSA) is 86.8 Å². The fourth-order valence-electron chi connectivity index (χ4n) is 3.59. The third-order valence-electron chi connectivity index (χ3n) is 5.70. The second-order valence-corrected chi connectivity index (χ2v) is 11.6. The molecule has 2 rings (SSSR count). The number of sulfonamides is 1. The van der Waals surface area contributed by atoms with Gasteiger partial charge in [0, 0.05) is 22.6 Å². The fourth-order valence-corrected chi connectivity index (χ4v) is 4.89. The zero-order valence-electron chi connectivity index (χ0n) is 20.9. The van der Waals surface area contributed by atoms with Gasteiger partial charge < -0.3 is 10.2 Å². The van der Waals surface area contributed by atoms with Gasteiger partial charge in [0.05, 0.1) is 11.9 Å². The van der Waals surface area contributed by atoms with E-state index in [0.717, 1.165) is 28.1 Å². The molecule has 0 aromatic heterocycles. The summed E-state index contributed by atoms with van der Waals surface area (Å²) in [5.41, 5.74) is 2.71. The van der Waals surface area contributed by atoms with Crippen LogP contribution in [-0.4, -0.2) is 50.0 Å². The Balaban J connectivity index is 2.45. The first kappa shape index (κ1) is 28.9. The van der Waals surface area contributed by atoms with Crippen molar-refractivity contribution in [1.29, 1.82) is 0 Å². The summed E-state index contributed by atoms with van der Waals surface area (Å²) < 4.78 is 26.4. The highest BCUT2D eigenvalue weighted by Gasteiger charge is 2.31. The van der Waals surface area contributed by atoms with Crippen LogP contribution in [0.4, 0.5) is 5.69 Å². The van der Waals surface area contributed by atoms with Crippen molar-refractivity contribution in [3.63, 3.8) is 0 Å². The molecule has 2 amide bonds. The zero-order valence-corrected chi connectivity index (χ0v) is 23.3. The Hall–Kier alpha value is -2.29. The van der Waals surface area contributed by atoms with Crippen LogP contribution in [0.15, 0.2) is 36.4 Å². The van der Waals surface area contributed by atoms with Gasteiger partial charge in [-0.15, -0.1) is 0 Å². The maximum atomic E-state index is 13.6. The smallest absolute Gasteiger partial charge is 0.244 e. The van der Waals surface area contributed by atoms with Crippen LogP contribution >= 0.6 is 23.2 Å². The van der Waals surface area contributed by atoms with Gasteiger partial charge >= 0.3 is 0 Å². The molecule has 0 aliphatic rings. The Morgan fingerprint density at radius 1 is 1.03 bits per heavy atom. The average molecular weight is 543 g/mol. The van der Waals surface area contributed by atoms with Crippen LogP contribution in [0, 0.1) is 13.8 Å². The van der Waals surface area contributed by atoms with E-state index in [9.17, 15) is 18.0 Å². The van der Waals surface area contributed by atoms with Gasteiger partial charge in [0.1, 0.15) is 12.6 Å². The Bertz CT molecular complexity index is 1170. The number of carbonyl (C=O) groups excluding carboxylic acids is 2. The van der Waals surface area contributed by atoms with Gasteiger partial charge in [-0.1, -0.05) is 42.3 Å². The van der Waals surface area contributed by atoms with E-state index in [1.165, 1.54) is 4.90 Å². The second-order valence-electron chi connectivity index (χ2n) is 8.87. The summed E-state index contributed by atoms with van der Waals surface area (Å²) in [4.78, 5) is 27.9. The van der Waals surface area contributed by atoms with Gasteiger partial charge in [-0.3, -0.25) is 13.9 Å². The van der Waals surface area contributed by atoms with Crippen molar-refractivity contribution in [3.8, 4) is 0 Å². The van der Waals surface area contributed by atoms with E-state index in [2.05, 4.69) is 5.32 Å². The number of nitrogens with zero attached hydrogens (tertiary/aromatic N) is 2. The van der Waals surface area contributed by atoms with E-state index in [4.69, 9.17) is 23.2 Å². The molecule has 0 fully saturated rings. The summed E-state index contributed by atoms with van der Waals surface area (Å²) in [6.45, 7) is 8.69. The molecule has 0 spiro atoms. The highest BCUT2D eigenvalue weighted by atomic mass is 35.5. The Kier molecular flexibility index (Phi) is 10.0. The molecule has 0 bridgehead atoms. The first-order valence-electron chi connectivity index (χ1n) is 11.3. The van der Waals surface area contributed by atoms with E-state index >= 15 is 0 Å². The average Bonchev–Trinajstić information content (AvgIpc) is 2.74. The van der Waals surface area contributed by atoms with Crippen molar-refractivity contribution >= 4 is 50.7 Å². The molecule has 0 aliphatic heterocycles. The van der Waals surface area contributed by atoms with Crippen molar-refractivity contribution in [1.82, 2.24) is 10.2 Å². The van der Waals surface area contributed by atoms with E-state index < -0.39 is 28.5 Å². The first-order valence-corrected chi connectivity index (χ1v) is 13.9. The highest BCUT2D eigenvalue weighted by Crippen LogP contribution is 2.25. The molecule has 7 nitrogen and oxygen atoms in total. The Labute approximate surface area is 218 Å². The maximum absolute atomic E-state index is 13.6. The molecule has 192 valence electrons. The van der Waals surface area contributed by atoms with Gasteiger partial charge in [-0.05, 0) is 75.1 Å². The number of carbonyl (C=O) groups is 2. The summed E-state index contributed by atoms with van der Waals surface area (Å²) in [5, 5.41) is 3.67. The van der Waals surface area contributed by atoms with Crippen LogP contribution in [0.2, 0.25) is 10.0 Å². The lowest BCUT2D eigenvalue weighted by Gasteiger charge is -2.32. The number of hydrogen-bond donors (Lipinski definition) is 1. The van der Waals surface area contributed by atoms with Crippen LogP contribution in [0.5, 0.6) is 0 Å². The molecule has 0 heterocycles. The lowest BCUT2D eigenvalue weighted by Crippen LogP contribution is -2.52. The molecule has 0 saturated carbocycles. The molecule has 1 N–H and O–H groups in total. The van der Waals surface area contributed by atoms with E-state index in [1.807, 2.05) is 33.8 Å². The van der Waals surface area contributed by atoms with Crippen LogP contribution in [0.25, 0.3) is 0 Å². The van der Waals surface area contributed by atoms with Crippen LogP contribution in [0.3, 0.4) is 0 Å². The van der Waals surface area contributed by atoms with Crippen LogP contribution < -0.4 is 9.62 Å². The highest BCUT2D eigenvalue weighted by molar-refractivity contribution is 7.92. The quantitative estimate of drug-likeness (QED) is 0.471. The van der Waals surface area contributed by atoms with Gasteiger partial charge in [-0.2, -0.15) is 0 Å². The SMILES string of the molecule is CC[C@@H](C)NC(=O)[C@H](C)N(Cc1ccc(Cl)cc1Cl)C(=O)CN(c1cc(C)cc(C)c1)S(C)(=O)=O. The van der Waals surface area contributed by atoms with Crippen molar-refractivity contribution < 1.29 is 18.0 Å². The van der Waals surface area contributed by atoms with Gasteiger partial charge in [-0.25, -0.2) is 8.42 Å². The molecule has 0 aliphatic carbocycles. The Morgan fingerprint density at radius 3 is 2.14 bits per heavy atom. The van der Waals surface area contributed by atoms with Crippen LogP contribution in [0.1, 0.15) is 43.9 Å². The summed E-state index contributed by atoms with van der Waals surface area (Å²) in [7, 11) is -3.79. The van der Waals surface area contributed by atoms with E-state index in [-0.39, 0.29) is 18.5 Å². The van der Waals surface area contributed by atoms with Gasteiger partial charge in [0.25, 0.3) is 0 Å². The molecule has 0 radical (unpaired) electrons. The minimum absolute atomic E-state index is 0.00831. The minimum Gasteiger partial charge on any atom is -0.352 e. The summed E-state index contributed by atoms with van der Waals surface area (Å²) >= 11 is 12.4. The number of amides is 2. The third kappa shape index (κ3) is 8.12. The Morgan fingerprint density at radius 2 is 1.63 bits per heavy atom. The lowest BCUT2D eigenvalue weighted by atomic mass is 10.1. The second kappa shape index (κ2) is 12.1. The van der Waals surface area contributed by atoms with Crippen LogP contribution in [-0.2, 0) is 26.2 Å². The number of halogens is 2. The predicted molar refractivity (Wildman–Crippen MR) is 142 cm³/mol. The largest absolute Gasteiger partial charge is 0.352 e. The van der Waals surface area contributed by atoms with E-state index in [1.54, 1.807) is 37.3 Å². The zero-order chi connectivity index (χ0) is 26.5. The summed E-state index contributed by atoms with van der Waals surface area (Å²) in [6.07, 6.45) is 1.78. The molecular weight excluding hydrogens is 509 g/mol. The molecule has 10 heteroatoms. The standard InChI is InChI=1S/C25H33Cl2N3O4S/c1-7-18(4)28-25(32)19(5)29(14-20-8-9-21(26)13-23(20)27)24(31)15-30(35(6,33)34)22-11-16(2)10-17(3)12-22/h8-13,18-19H,7,14-15H2,1-6H3,(H,28,32)/t18-,19+/m1/s1. The van der Waals surface area contributed by atoms with Crippen molar-refractivity contribution in [2.24, 2.45) is 0 Å². The number of rotatable bonds is 10. The van der Waals surface area contributed by atoms with Crippen molar-refractivity contribution in [3.05, 3.63) is 63.1 Å². The fraction of sp³-hybridized carbons (Fsp3) is 0.440. The molecule has 2 aromatic carbocycles. The molecular formula is C25H33Cl2N3O4S. The normalized spacial score (nSPS) is 13.1. The minimum atomic E-state index is -3.79. The summed E-state index contributed by atoms with van der Waals surface area (Å²) in [6, 6.07) is 9.27. The van der Waals surface area contributed by atoms with Gasteiger partial charge in [0.2, 0.25) is 21.8 Å². The molecule has 0 saturated heterocycles. The van der Waals surface area contributed by atoms with Crippen molar-refractivity contribution in [2.45, 2.75) is 59.7 Å². The third-order valence-corrected chi connectivity index (χ3v) is 7.43. The molecule has 35 heavy (non-hydrogen) atoms. The van der Waals surface area contributed by atoms with E-state index in [0.29, 0.717) is 21.3 Å². The first-order chi connectivity index (χ1) is 16.2. The molecule has 2 atom stereocenters. The maximum Gasteiger partial charge on any atom is 0.244 e.